The number of benzene rings is 1. The van der Waals surface area contributed by atoms with Gasteiger partial charge in [-0.15, -0.1) is 0 Å². The Bertz CT molecular complexity index is 1040. The first-order chi connectivity index (χ1) is 17.4. The molecule has 4 rings (SSSR count). The van der Waals surface area contributed by atoms with Crippen LogP contribution in [0.1, 0.15) is 72.2 Å². The van der Waals surface area contributed by atoms with Crippen LogP contribution in [0.4, 0.5) is 5.82 Å². The summed E-state index contributed by atoms with van der Waals surface area (Å²) in [5, 5.41) is 6.18. The molecule has 1 aromatic carbocycles. The molecule has 2 saturated heterocycles. The first-order valence-electron chi connectivity index (χ1n) is 13.0. The number of nitrogens with one attached hydrogen (secondary N) is 2. The van der Waals surface area contributed by atoms with Gasteiger partial charge in [-0.3, -0.25) is 9.59 Å². The van der Waals surface area contributed by atoms with E-state index in [2.05, 4.69) is 20.5 Å². The van der Waals surface area contributed by atoms with Crippen LogP contribution in [0.5, 0.6) is 5.75 Å². The highest BCUT2D eigenvalue weighted by atomic mass is 16.5. The van der Waals surface area contributed by atoms with Crippen LogP contribution < -0.4 is 20.3 Å². The predicted octanol–water partition coefficient (Wildman–Crippen LogP) is 3.87. The summed E-state index contributed by atoms with van der Waals surface area (Å²) in [5.41, 5.74) is 2.08. The summed E-state index contributed by atoms with van der Waals surface area (Å²) in [6.45, 7) is 7.12. The lowest BCUT2D eigenvalue weighted by atomic mass is 9.96. The third-order valence-corrected chi connectivity index (χ3v) is 7.15. The summed E-state index contributed by atoms with van der Waals surface area (Å²) < 4.78 is 10.9. The van der Waals surface area contributed by atoms with Crippen molar-refractivity contribution in [2.24, 2.45) is 0 Å². The topological polar surface area (TPSA) is 92.8 Å². The molecule has 1 aromatic heterocycles. The fourth-order valence-electron chi connectivity index (χ4n) is 5.38. The molecule has 2 bridgehead atoms. The Kier molecular flexibility index (Phi) is 8.46. The lowest BCUT2D eigenvalue weighted by molar-refractivity contribution is 0.0757. The number of fused-ring (bicyclic) bond motifs is 2. The Morgan fingerprint density at radius 3 is 2.50 bits per heavy atom. The second-order valence-electron chi connectivity index (χ2n) is 10.0. The Hall–Kier alpha value is -3.13. The molecule has 194 valence electrons. The van der Waals surface area contributed by atoms with Crippen molar-refractivity contribution in [3.63, 3.8) is 0 Å². The van der Waals surface area contributed by atoms with Gasteiger partial charge in [0.15, 0.2) is 0 Å². The lowest BCUT2D eigenvalue weighted by Gasteiger charge is -2.40. The molecule has 0 aliphatic carbocycles. The highest BCUT2D eigenvalue weighted by molar-refractivity contribution is 5.96. The van der Waals surface area contributed by atoms with Crippen molar-refractivity contribution >= 4 is 17.6 Å². The third-order valence-electron chi connectivity index (χ3n) is 7.15. The standard InChI is InChI=1S/C28H38N4O4/c1-18(2)36-14-6-13-29-27(33)20-9-12-26(30-17-20)32-22-10-11-23(32)16-21(15-22)31-28(34)24-7-5-8-25(35-4)19(24)3/h5,7-9,12,17-18,21-23H,6,10-11,13-16H2,1-4H3,(H,29,33)(H,31,34)/t21-,22+,23-. The lowest BCUT2D eigenvalue weighted by Crippen LogP contribution is -2.50. The summed E-state index contributed by atoms with van der Waals surface area (Å²) in [7, 11) is 1.62. The average molecular weight is 495 g/mol. The Balaban J connectivity index is 1.32. The van der Waals surface area contributed by atoms with E-state index in [-0.39, 0.29) is 24.0 Å². The van der Waals surface area contributed by atoms with Crippen molar-refractivity contribution in [3.05, 3.63) is 53.2 Å². The molecule has 3 atom stereocenters. The van der Waals surface area contributed by atoms with E-state index in [9.17, 15) is 9.59 Å². The highest BCUT2D eigenvalue weighted by Gasteiger charge is 2.41. The van der Waals surface area contributed by atoms with Crippen molar-refractivity contribution in [3.8, 4) is 5.75 Å². The predicted molar refractivity (Wildman–Crippen MR) is 140 cm³/mol. The van der Waals surface area contributed by atoms with Gasteiger partial charge in [-0.05, 0) is 77.1 Å². The number of aromatic nitrogens is 1. The zero-order valence-electron chi connectivity index (χ0n) is 21.8. The van der Waals surface area contributed by atoms with Crippen molar-refractivity contribution < 1.29 is 19.1 Å². The van der Waals surface area contributed by atoms with Gasteiger partial charge in [-0.25, -0.2) is 4.98 Å². The molecule has 8 heteroatoms. The second kappa shape index (κ2) is 11.7. The smallest absolute Gasteiger partial charge is 0.252 e. The largest absolute Gasteiger partial charge is 0.496 e. The molecule has 8 nitrogen and oxygen atoms in total. The Labute approximate surface area is 213 Å². The number of amides is 2. The average Bonchev–Trinajstić information content (AvgIpc) is 3.13. The van der Waals surface area contributed by atoms with Gasteiger partial charge in [-0.2, -0.15) is 0 Å². The fourth-order valence-corrected chi connectivity index (χ4v) is 5.38. The number of hydrogen-bond donors (Lipinski definition) is 2. The molecule has 2 aliphatic heterocycles. The molecule has 0 spiro atoms. The molecular formula is C28H38N4O4. The number of ether oxygens (including phenoxy) is 2. The minimum atomic E-state index is -0.115. The number of hydrogen-bond acceptors (Lipinski definition) is 6. The highest BCUT2D eigenvalue weighted by Crippen LogP contribution is 2.38. The van der Waals surface area contributed by atoms with E-state index in [4.69, 9.17) is 9.47 Å². The van der Waals surface area contributed by atoms with Gasteiger partial charge < -0.3 is 25.0 Å². The van der Waals surface area contributed by atoms with Crippen molar-refractivity contribution in [2.45, 2.75) is 77.1 Å². The van der Waals surface area contributed by atoms with Crippen LogP contribution in [0.15, 0.2) is 36.5 Å². The van der Waals surface area contributed by atoms with E-state index < -0.39 is 0 Å². The van der Waals surface area contributed by atoms with Gasteiger partial charge in [0.05, 0.1) is 18.8 Å². The molecule has 0 saturated carbocycles. The number of carbonyl (C=O) groups is 2. The first-order valence-corrected chi connectivity index (χ1v) is 13.0. The number of anilines is 1. The molecule has 2 aromatic rings. The molecule has 36 heavy (non-hydrogen) atoms. The molecule has 2 fully saturated rings. The van der Waals surface area contributed by atoms with Crippen LogP contribution in [0.25, 0.3) is 0 Å². The zero-order valence-corrected chi connectivity index (χ0v) is 21.8. The zero-order chi connectivity index (χ0) is 25.7. The van der Waals surface area contributed by atoms with Gasteiger partial charge in [0.25, 0.3) is 11.8 Å². The fraction of sp³-hybridized carbons (Fsp3) is 0.536. The minimum Gasteiger partial charge on any atom is -0.496 e. The second-order valence-corrected chi connectivity index (χ2v) is 10.0. The first kappa shape index (κ1) is 25.9. The van der Waals surface area contributed by atoms with Crippen LogP contribution in [0.3, 0.4) is 0 Å². The monoisotopic (exact) mass is 494 g/mol. The van der Waals surface area contributed by atoms with Gasteiger partial charge in [-0.1, -0.05) is 6.07 Å². The van der Waals surface area contributed by atoms with Crippen LogP contribution in [-0.2, 0) is 4.74 Å². The van der Waals surface area contributed by atoms with E-state index >= 15 is 0 Å². The van der Waals surface area contributed by atoms with Gasteiger partial charge >= 0.3 is 0 Å². The van der Waals surface area contributed by atoms with E-state index in [1.807, 2.05) is 51.1 Å². The number of carbonyl (C=O) groups excluding carboxylic acids is 2. The van der Waals surface area contributed by atoms with E-state index in [0.29, 0.717) is 36.4 Å². The molecule has 0 radical (unpaired) electrons. The summed E-state index contributed by atoms with van der Waals surface area (Å²) in [5.74, 6) is 1.46. The Morgan fingerprint density at radius 2 is 1.86 bits per heavy atom. The third kappa shape index (κ3) is 5.98. The SMILES string of the molecule is COc1cccc(C(=O)N[C@H]2C[C@H]3CC[C@@H](C2)N3c2ccc(C(=O)NCCCOC(C)C)cn2)c1C. The quantitative estimate of drug-likeness (QED) is 0.487. The number of methoxy groups -OCH3 is 1. The summed E-state index contributed by atoms with van der Waals surface area (Å²) in [6.07, 6.45) is 6.57. The van der Waals surface area contributed by atoms with E-state index in [0.717, 1.165) is 49.2 Å². The number of pyridine rings is 1. The van der Waals surface area contributed by atoms with Crippen molar-refractivity contribution in [2.75, 3.05) is 25.2 Å². The summed E-state index contributed by atoms with van der Waals surface area (Å²) >= 11 is 0. The van der Waals surface area contributed by atoms with E-state index in [1.165, 1.54) is 0 Å². The Morgan fingerprint density at radius 1 is 1.11 bits per heavy atom. The maximum Gasteiger partial charge on any atom is 0.252 e. The van der Waals surface area contributed by atoms with Crippen molar-refractivity contribution in [1.29, 1.82) is 0 Å². The minimum absolute atomic E-state index is 0.0477. The molecular weight excluding hydrogens is 456 g/mol. The normalized spacial score (nSPS) is 20.9. The van der Waals surface area contributed by atoms with Crippen molar-refractivity contribution in [1.82, 2.24) is 15.6 Å². The van der Waals surface area contributed by atoms with Crippen LogP contribution in [-0.4, -0.2) is 61.3 Å². The number of nitrogens with zero attached hydrogens (tertiary/aromatic N) is 2. The maximum atomic E-state index is 13.0. The number of rotatable bonds is 10. The molecule has 2 amide bonds. The van der Waals surface area contributed by atoms with Gasteiger partial charge in [0.1, 0.15) is 11.6 Å². The summed E-state index contributed by atoms with van der Waals surface area (Å²) in [4.78, 5) is 32.5. The molecule has 2 N–H and O–H groups in total. The molecule has 2 aliphatic rings. The van der Waals surface area contributed by atoms with Gasteiger partial charge in [0, 0.05) is 48.6 Å². The van der Waals surface area contributed by atoms with Crippen LogP contribution in [0.2, 0.25) is 0 Å². The van der Waals surface area contributed by atoms with Crippen LogP contribution in [0, 0.1) is 6.92 Å². The molecule has 3 heterocycles. The maximum absolute atomic E-state index is 13.0. The molecule has 0 unspecified atom stereocenters. The number of piperidine rings is 1. The summed E-state index contributed by atoms with van der Waals surface area (Å²) in [6, 6.07) is 10.1. The van der Waals surface area contributed by atoms with Gasteiger partial charge in [0.2, 0.25) is 0 Å². The van der Waals surface area contributed by atoms with Crippen LogP contribution >= 0.6 is 0 Å². The van der Waals surface area contributed by atoms with E-state index in [1.54, 1.807) is 13.3 Å².